The van der Waals surface area contributed by atoms with Crippen LogP contribution in [-0.4, -0.2) is 64.5 Å². The molecule has 1 heterocycles. The van der Waals surface area contributed by atoms with Gasteiger partial charge in [-0.25, -0.2) is 0 Å². The summed E-state index contributed by atoms with van der Waals surface area (Å²) in [4.78, 5) is 16.0. The number of halogens is 1. The van der Waals surface area contributed by atoms with E-state index >= 15 is 0 Å². The highest BCUT2D eigenvalue weighted by atomic mass is 127. The van der Waals surface area contributed by atoms with Crippen LogP contribution in [0.5, 0.6) is 0 Å². The van der Waals surface area contributed by atoms with Crippen LogP contribution in [0.2, 0.25) is 0 Å². The molecule has 0 bridgehead atoms. The number of rotatable bonds is 11. The standard InChI is InChI=1S/C18H36N4O3.HI/c1-4-19-18(22-10-9-20-17(23)15(2)3)21-8-5-11-25-14-16-6-12-24-13-7-16;/h15-16H,4-14H2,1-3H3,(H,20,23)(H2,19,21,22);1H. The molecule has 3 N–H and O–H groups in total. The Morgan fingerprint density at radius 1 is 1.19 bits per heavy atom. The molecule has 0 aromatic heterocycles. The first-order chi connectivity index (χ1) is 12.1. The Hall–Kier alpha value is -0.610. The molecule has 0 saturated carbocycles. The van der Waals surface area contributed by atoms with Crippen LogP contribution >= 0.6 is 24.0 Å². The van der Waals surface area contributed by atoms with E-state index in [-0.39, 0.29) is 35.8 Å². The Kier molecular flexibility index (Phi) is 16.2. The highest BCUT2D eigenvalue weighted by molar-refractivity contribution is 14.0. The largest absolute Gasteiger partial charge is 0.381 e. The number of amides is 1. The van der Waals surface area contributed by atoms with Gasteiger partial charge in [0.25, 0.3) is 0 Å². The maximum absolute atomic E-state index is 11.5. The lowest BCUT2D eigenvalue weighted by Crippen LogP contribution is -2.42. The quantitative estimate of drug-likeness (QED) is 0.180. The lowest BCUT2D eigenvalue weighted by Gasteiger charge is -2.21. The smallest absolute Gasteiger partial charge is 0.222 e. The Balaban J connectivity index is 0.00000625. The van der Waals surface area contributed by atoms with Crippen molar-refractivity contribution in [3.8, 4) is 0 Å². The van der Waals surface area contributed by atoms with E-state index < -0.39 is 0 Å². The minimum absolute atomic E-state index is 0. The number of nitrogens with one attached hydrogen (secondary N) is 3. The van der Waals surface area contributed by atoms with E-state index in [0.29, 0.717) is 19.0 Å². The Labute approximate surface area is 175 Å². The van der Waals surface area contributed by atoms with Gasteiger partial charge >= 0.3 is 0 Å². The summed E-state index contributed by atoms with van der Waals surface area (Å²) in [7, 11) is 0. The van der Waals surface area contributed by atoms with E-state index in [2.05, 4.69) is 20.9 Å². The molecule has 0 atom stereocenters. The van der Waals surface area contributed by atoms with Crippen LogP contribution in [0.3, 0.4) is 0 Å². The zero-order valence-electron chi connectivity index (χ0n) is 16.5. The highest BCUT2D eigenvalue weighted by Gasteiger charge is 2.13. The third kappa shape index (κ3) is 12.7. The fourth-order valence-corrected chi connectivity index (χ4v) is 2.43. The number of nitrogens with zero attached hydrogens (tertiary/aromatic N) is 1. The minimum Gasteiger partial charge on any atom is -0.381 e. The van der Waals surface area contributed by atoms with E-state index in [9.17, 15) is 4.79 Å². The third-order valence-electron chi connectivity index (χ3n) is 4.00. The van der Waals surface area contributed by atoms with Gasteiger partial charge < -0.3 is 25.4 Å². The normalized spacial score (nSPS) is 15.5. The molecule has 0 aromatic rings. The zero-order valence-corrected chi connectivity index (χ0v) is 18.8. The van der Waals surface area contributed by atoms with Crippen LogP contribution in [-0.2, 0) is 14.3 Å². The molecule has 1 fully saturated rings. The summed E-state index contributed by atoms with van der Waals surface area (Å²) in [5, 5.41) is 9.32. The molecule has 0 unspecified atom stereocenters. The van der Waals surface area contributed by atoms with E-state index in [0.717, 1.165) is 64.7 Å². The van der Waals surface area contributed by atoms with Gasteiger partial charge in [0.2, 0.25) is 5.91 Å². The maximum Gasteiger partial charge on any atom is 0.222 e. The predicted octanol–water partition coefficient (Wildman–Crippen LogP) is 1.77. The molecule has 154 valence electrons. The van der Waals surface area contributed by atoms with E-state index in [1.54, 1.807) is 0 Å². The third-order valence-corrected chi connectivity index (χ3v) is 4.00. The molecule has 1 aliphatic rings. The first kappa shape index (κ1) is 25.4. The SMILES string of the molecule is CCNC(=NCCCOCC1CCOCC1)NCCNC(=O)C(C)C.I. The lowest BCUT2D eigenvalue weighted by molar-refractivity contribution is -0.123. The van der Waals surface area contributed by atoms with Crippen molar-refractivity contribution in [3.63, 3.8) is 0 Å². The molecule has 7 nitrogen and oxygen atoms in total. The average molecular weight is 484 g/mol. The molecule has 1 saturated heterocycles. The van der Waals surface area contributed by atoms with Crippen molar-refractivity contribution in [2.75, 3.05) is 52.6 Å². The molecule has 0 radical (unpaired) electrons. The molecular formula is C18H37IN4O3. The van der Waals surface area contributed by atoms with Gasteiger partial charge in [-0.1, -0.05) is 13.8 Å². The lowest BCUT2D eigenvalue weighted by atomic mass is 10.0. The predicted molar refractivity (Wildman–Crippen MR) is 116 cm³/mol. The molecule has 26 heavy (non-hydrogen) atoms. The zero-order chi connectivity index (χ0) is 18.3. The second-order valence-corrected chi connectivity index (χ2v) is 6.62. The summed E-state index contributed by atoms with van der Waals surface area (Å²) >= 11 is 0. The number of carbonyl (C=O) groups is 1. The van der Waals surface area contributed by atoms with Gasteiger partial charge in [-0.15, -0.1) is 24.0 Å². The van der Waals surface area contributed by atoms with Gasteiger partial charge in [0.05, 0.1) is 0 Å². The maximum atomic E-state index is 11.5. The first-order valence-electron chi connectivity index (χ1n) is 9.58. The topological polar surface area (TPSA) is 84.0 Å². The summed E-state index contributed by atoms with van der Waals surface area (Å²) in [5.41, 5.74) is 0. The number of hydrogen-bond acceptors (Lipinski definition) is 4. The van der Waals surface area contributed by atoms with Crippen molar-refractivity contribution in [2.24, 2.45) is 16.8 Å². The second kappa shape index (κ2) is 16.6. The van der Waals surface area contributed by atoms with Crippen LogP contribution < -0.4 is 16.0 Å². The van der Waals surface area contributed by atoms with Gasteiger partial charge in [0.15, 0.2) is 5.96 Å². The Morgan fingerprint density at radius 2 is 1.88 bits per heavy atom. The molecule has 1 amide bonds. The molecular weight excluding hydrogens is 447 g/mol. The Bertz CT molecular complexity index is 389. The molecule has 0 spiro atoms. The van der Waals surface area contributed by atoms with E-state index in [4.69, 9.17) is 9.47 Å². The van der Waals surface area contributed by atoms with E-state index in [1.165, 1.54) is 0 Å². The number of ether oxygens (including phenoxy) is 2. The first-order valence-corrected chi connectivity index (χ1v) is 9.58. The van der Waals surface area contributed by atoms with Gasteiger partial charge in [0, 0.05) is 58.5 Å². The number of hydrogen-bond donors (Lipinski definition) is 3. The average Bonchev–Trinajstić information content (AvgIpc) is 2.62. The molecule has 0 aliphatic carbocycles. The van der Waals surface area contributed by atoms with Crippen molar-refractivity contribution in [2.45, 2.75) is 40.0 Å². The summed E-state index contributed by atoms with van der Waals surface area (Å²) < 4.78 is 11.1. The number of carbonyl (C=O) groups excluding carboxylic acids is 1. The number of guanidine groups is 1. The summed E-state index contributed by atoms with van der Waals surface area (Å²) in [6.07, 6.45) is 3.13. The summed E-state index contributed by atoms with van der Waals surface area (Å²) in [5.74, 6) is 1.52. The van der Waals surface area contributed by atoms with Crippen molar-refractivity contribution < 1.29 is 14.3 Å². The van der Waals surface area contributed by atoms with Crippen molar-refractivity contribution in [1.82, 2.24) is 16.0 Å². The monoisotopic (exact) mass is 484 g/mol. The molecule has 8 heteroatoms. The van der Waals surface area contributed by atoms with Crippen LogP contribution in [0.4, 0.5) is 0 Å². The number of aliphatic imine (C=N–C) groups is 1. The molecule has 0 aromatic carbocycles. The summed E-state index contributed by atoms with van der Waals surface area (Å²) in [6, 6.07) is 0. The molecule has 1 aliphatic heterocycles. The van der Waals surface area contributed by atoms with Crippen LogP contribution in [0.25, 0.3) is 0 Å². The highest BCUT2D eigenvalue weighted by Crippen LogP contribution is 2.14. The minimum atomic E-state index is 0. The second-order valence-electron chi connectivity index (χ2n) is 6.62. The van der Waals surface area contributed by atoms with Gasteiger partial charge in [0.1, 0.15) is 0 Å². The van der Waals surface area contributed by atoms with Crippen LogP contribution in [0.15, 0.2) is 4.99 Å². The van der Waals surface area contributed by atoms with Crippen molar-refractivity contribution in [1.29, 1.82) is 0 Å². The summed E-state index contributed by atoms with van der Waals surface area (Å²) in [6.45, 7) is 11.9. The van der Waals surface area contributed by atoms with Crippen molar-refractivity contribution >= 4 is 35.8 Å². The van der Waals surface area contributed by atoms with Crippen LogP contribution in [0, 0.1) is 11.8 Å². The fraction of sp³-hybridized carbons (Fsp3) is 0.889. The Morgan fingerprint density at radius 3 is 2.54 bits per heavy atom. The fourth-order valence-electron chi connectivity index (χ4n) is 2.43. The van der Waals surface area contributed by atoms with Gasteiger partial charge in [-0.2, -0.15) is 0 Å². The van der Waals surface area contributed by atoms with Gasteiger partial charge in [-0.3, -0.25) is 9.79 Å². The van der Waals surface area contributed by atoms with Crippen LogP contribution in [0.1, 0.15) is 40.0 Å². The van der Waals surface area contributed by atoms with Gasteiger partial charge in [-0.05, 0) is 32.1 Å². The molecule has 1 rings (SSSR count). The van der Waals surface area contributed by atoms with Crippen molar-refractivity contribution in [3.05, 3.63) is 0 Å². The van der Waals surface area contributed by atoms with E-state index in [1.807, 2.05) is 20.8 Å².